The predicted octanol–water partition coefficient (Wildman–Crippen LogP) is 5.79. The summed E-state index contributed by atoms with van der Waals surface area (Å²) in [6, 6.07) is 18.7. The maximum Gasteiger partial charge on any atom is 0.253 e. The second-order valence-corrected chi connectivity index (χ2v) is 10.2. The van der Waals surface area contributed by atoms with Gasteiger partial charge in [-0.3, -0.25) is 14.5 Å². The number of fused-ring (bicyclic) bond motifs is 2. The molecule has 0 saturated heterocycles. The van der Waals surface area contributed by atoms with E-state index in [1.165, 1.54) is 71.9 Å². The van der Waals surface area contributed by atoms with Gasteiger partial charge >= 0.3 is 0 Å². The average Bonchev–Trinajstić information content (AvgIpc) is 3.42. The average molecular weight is 493 g/mol. The molecular formula is C30H44N4O2. The summed E-state index contributed by atoms with van der Waals surface area (Å²) in [6.07, 6.45) is 6.35. The Labute approximate surface area is 217 Å². The van der Waals surface area contributed by atoms with E-state index in [1.807, 2.05) is 13.8 Å². The van der Waals surface area contributed by atoms with Gasteiger partial charge in [-0.2, -0.15) is 0 Å². The van der Waals surface area contributed by atoms with Gasteiger partial charge in [0.05, 0.1) is 0 Å². The lowest BCUT2D eigenvalue weighted by Gasteiger charge is -2.34. The largest absolute Gasteiger partial charge is 0.369 e. The molecule has 3 aliphatic heterocycles. The highest BCUT2D eigenvalue weighted by Gasteiger charge is 2.25. The van der Waals surface area contributed by atoms with E-state index in [2.05, 4.69) is 86.0 Å². The molecule has 3 heterocycles. The zero-order valence-electron chi connectivity index (χ0n) is 22.9. The number of nitrogens with zero attached hydrogens (tertiary/aromatic N) is 3. The van der Waals surface area contributed by atoms with Crippen molar-refractivity contribution >= 4 is 23.2 Å². The predicted molar refractivity (Wildman–Crippen MR) is 151 cm³/mol. The fourth-order valence-electron chi connectivity index (χ4n) is 4.92. The number of carbonyl (C=O) groups excluding carboxylic acids is 2. The lowest BCUT2D eigenvalue weighted by Crippen LogP contribution is -2.36. The maximum absolute atomic E-state index is 10.8. The third-order valence-corrected chi connectivity index (χ3v) is 6.68. The Morgan fingerprint density at radius 1 is 0.611 bits per heavy atom. The summed E-state index contributed by atoms with van der Waals surface area (Å²) in [6.45, 7) is 15.1. The van der Waals surface area contributed by atoms with Crippen LogP contribution in [0.15, 0.2) is 60.7 Å². The molecule has 3 aliphatic rings. The standard InChI is InChI=1S/C12H17N.C11H15N.C7H9NO2.H3N/c1-10(2)13-9-5-7-11-6-3-4-8-12(11)13;1-9(2)12-8-7-10-5-3-4-6-11(10)12;1-5(2)8-6(9)3-4-7(8)10;/h3-4,6,8,10H,5,7,9H2,1-2H3;3-6,9H,7-8H2,1-2H3;3-5H,1-2H3;1H3. The minimum Gasteiger partial charge on any atom is -0.369 e. The number of benzene rings is 2. The molecule has 6 heteroatoms. The summed E-state index contributed by atoms with van der Waals surface area (Å²) in [4.78, 5) is 27.9. The van der Waals surface area contributed by atoms with Crippen LogP contribution >= 0.6 is 0 Å². The van der Waals surface area contributed by atoms with Gasteiger partial charge in [-0.05, 0) is 84.1 Å². The molecule has 0 bridgehead atoms. The van der Waals surface area contributed by atoms with Crippen LogP contribution in [0.1, 0.15) is 59.1 Å². The number of hydrogen-bond donors (Lipinski definition) is 1. The molecule has 6 nitrogen and oxygen atoms in total. The van der Waals surface area contributed by atoms with Crippen molar-refractivity contribution in [2.75, 3.05) is 22.9 Å². The molecule has 0 aromatic heterocycles. The Bertz CT molecular complexity index is 1030. The Morgan fingerprint density at radius 3 is 1.50 bits per heavy atom. The number of aryl methyl sites for hydroxylation is 1. The highest BCUT2D eigenvalue weighted by Crippen LogP contribution is 2.29. The summed E-state index contributed by atoms with van der Waals surface area (Å²) in [5.74, 6) is -0.417. The molecular weight excluding hydrogens is 448 g/mol. The summed E-state index contributed by atoms with van der Waals surface area (Å²) in [5.41, 5.74) is 5.91. The van der Waals surface area contributed by atoms with Crippen molar-refractivity contribution in [3.8, 4) is 0 Å². The van der Waals surface area contributed by atoms with Crippen LogP contribution in [0.25, 0.3) is 0 Å². The third-order valence-electron chi connectivity index (χ3n) is 6.68. The van der Waals surface area contributed by atoms with E-state index in [-0.39, 0.29) is 24.0 Å². The first-order valence-corrected chi connectivity index (χ1v) is 12.9. The van der Waals surface area contributed by atoms with E-state index >= 15 is 0 Å². The van der Waals surface area contributed by atoms with Crippen molar-refractivity contribution in [2.24, 2.45) is 0 Å². The summed E-state index contributed by atoms with van der Waals surface area (Å²) in [7, 11) is 0. The molecule has 5 rings (SSSR count). The van der Waals surface area contributed by atoms with Gasteiger partial charge in [0.25, 0.3) is 11.8 Å². The lowest BCUT2D eigenvalue weighted by molar-refractivity contribution is -0.138. The second kappa shape index (κ2) is 13.3. The Balaban J connectivity index is 0.000000189. The number of hydrogen-bond acceptors (Lipinski definition) is 5. The van der Waals surface area contributed by atoms with Crippen LogP contribution in [0.4, 0.5) is 11.4 Å². The zero-order valence-corrected chi connectivity index (χ0v) is 22.9. The number of rotatable bonds is 3. The molecule has 3 N–H and O–H groups in total. The minimum absolute atomic E-state index is 0. The van der Waals surface area contributed by atoms with Gasteiger partial charge in [0.1, 0.15) is 0 Å². The van der Waals surface area contributed by atoms with Crippen LogP contribution in [0.3, 0.4) is 0 Å². The Morgan fingerprint density at radius 2 is 1.06 bits per heavy atom. The van der Waals surface area contributed by atoms with Crippen LogP contribution in [0.2, 0.25) is 0 Å². The molecule has 0 saturated carbocycles. The van der Waals surface area contributed by atoms with Crippen LogP contribution in [0.5, 0.6) is 0 Å². The van der Waals surface area contributed by atoms with Crippen LogP contribution in [0, 0.1) is 0 Å². The van der Waals surface area contributed by atoms with Crippen molar-refractivity contribution in [3.63, 3.8) is 0 Å². The van der Waals surface area contributed by atoms with Crippen LogP contribution in [-0.4, -0.2) is 47.9 Å². The summed E-state index contributed by atoms with van der Waals surface area (Å²) < 4.78 is 0. The van der Waals surface area contributed by atoms with E-state index in [9.17, 15) is 9.59 Å². The highest BCUT2D eigenvalue weighted by molar-refractivity contribution is 6.13. The molecule has 0 atom stereocenters. The van der Waals surface area contributed by atoms with E-state index in [0.717, 1.165) is 0 Å². The first-order chi connectivity index (χ1) is 16.7. The molecule has 0 fully saturated rings. The van der Waals surface area contributed by atoms with Crippen LogP contribution < -0.4 is 16.0 Å². The third kappa shape index (κ3) is 6.97. The molecule has 196 valence electrons. The Hall–Kier alpha value is -3.12. The van der Waals surface area contributed by atoms with E-state index in [1.54, 1.807) is 0 Å². The number of carbonyl (C=O) groups is 2. The lowest BCUT2D eigenvalue weighted by atomic mass is 10.0. The molecule has 0 aliphatic carbocycles. The van der Waals surface area contributed by atoms with E-state index < -0.39 is 0 Å². The van der Waals surface area contributed by atoms with Crippen molar-refractivity contribution in [1.29, 1.82) is 0 Å². The minimum atomic E-state index is -0.208. The number of para-hydroxylation sites is 2. The summed E-state index contributed by atoms with van der Waals surface area (Å²) in [5, 5.41) is 0. The molecule has 2 aromatic rings. The summed E-state index contributed by atoms with van der Waals surface area (Å²) >= 11 is 0. The van der Waals surface area contributed by atoms with Gasteiger partial charge in [-0.15, -0.1) is 0 Å². The second-order valence-electron chi connectivity index (χ2n) is 10.2. The van der Waals surface area contributed by atoms with Gasteiger partial charge in [0, 0.05) is 54.7 Å². The maximum atomic E-state index is 10.8. The molecule has 2 aromatic carbocycles. The number of imide groups is 1. The molecule has 0 spiro atoms. The highest BCUT2D eigenvalue weighted by atomic mass is 16.2. The van der Waals surface area contributed by atoms with Crippen LogP contribution in [-0.2, 0) is 22.4 Å². The van der Waals surface area contributed by atoms with Crippen molar-refractivity contribution in [1.82, 2.24) is 11.1 Å². The van der Waals surface area contributed by atoms with Gasteiger partial charge in [-0.25, -0.2) is 0 Å². The first-order valence-electron chi connectivity index (χ1n) is 12.9. The smallest absolute Gasteiger partial charge is 0.253 e. The van der Waals surface area contributed by atoms with Gasteiger partial charge in [0.15, 0.2) is 0 Å². The van der Waals surface area contributed by atoms with Gasteiger partial charge < -0.3 is 16.0 Å². The van der Waals surface area contributed by atoms with Crippen molar-refractivity contribution in [2.45, 2.75) is 78.9 Å². The normalized spacial score (nSPS) is 15.9. The van der Waals surface area contributed by atoms with Gasteiger partial charge in [-0.1, -0.05) is 36.4 Å². The van der Waals surface area contributed by atoms with Gasteiger partial charge in [0.2, 0.25) is 0 Å². The molecule has 2 amide bonds. The quantitative estimate of drug-likeness (QED) is 0.549. The SMILES string of the molecule is CC(C)N1C(=O)C=CC1=O.CC(C)N1CCCc2ccccc21.CC(C)N1CCc2ccccc21.N. The van der Waals surface area contributed by atoms with Crippen molar-refractivity contribution in [3.05, 3.63) is 71.8 Å². The monoisotopic (exact) mass is 492 g/mol. The molecule has 0 radical (unpaired) electrons. The number of amides is 2. The van der Waals surface area contributed by atoms with Crippen molar-refractivity contribution < 1.29 is 9.59 Å². The topological polar surface area (TPSA) is 78.9 Å². The van der Waals surface area contributed by atoms with E-state index in [0.29, 0.717) is 12.1 Å². The molecule has 36 heavy (non-hydrogen) atoms. The first kappa shape index (κ1) is 29.1. The molecule has 0 unspecified atom stereocenters. The fourth-order valence-corrected chi connectivity index (χ4v) is 4.92. The zero-order chi connectivity index (χ0) is 25.5. The van der Waals surface area contributed by atoms with E-state index in [4.69, 9.17) is 0 Å². The number of anilines is 2. The fraction of sp³-hybridized carbons (Fsp3) is 0.467. The Kier molecular flexibility index (Phi) is 10.7.